The third-order valence-corrected chi connectivity index (χ3v) is 7.31. The fourth-order valence-electron chi connectivity index (χ4n) is 5.50. The van der Waals surface area contributed by atoms with E-state index in [9.17, 15) is 4.79 Å². The zero-order valence-electron chi connectivity index (χ0n) is 21.1. The van der Waals surface area contributed by atoms with Gasteiger partial charge in [0, 0.05) is 55.6 Å². The maximum atomic E-state index is 13.1. The summed E-state index contributed by atoms with van der Waals surface area (Å²) in [7, 11) is 0. The molecule has 0 saturated carbocycles. The minimum atomic E-state index is -0.0901. The van der Waals surface area contributed by atoms with Crippen LogP contribution in [0.3, 0.4) is 0 Å². The summed E-state index contributed by atoms with van der Waals surface area (Å²) < 4.78 is 0. The molecule has 2 aromatic heterocycles. The number of pyridine rings is 1. The van der Waals surface area contributed by atoms with Crippen LogP contribution in [0.4, 0.5) is 0 Å². The van der Waals surface area contributed by atoms with Crippen LogP contribution in [0.2, 0.25) is 0 Å². The van der Waals surface area contributed by atoms with E-state index in [-0.39, 0.29) is 11.9 Å². The first kappa shape index (κ1) is 23.9. The first-order chi connectivity index (χ1) is 17.0. The van der Waals surface area contributed by atoms with Crippen molar-refractivity contribution in [3.63, 3.8) is 0 Å². The molecule has 0 radical (unpaired) electrons. The average Bonchev–Trinajstić information content (AvgIpc) is 3.29. The average molecular weight is 475 g/mol. The van der Waals surface area contributed by atoms with Crippen LogP contribution in [0.25, 0.3) is 22.0 Å². The van der Waals surface area contributed by atoms with E-state index in [0.29, 0.717) is 11.6 Å². The van der Waals surface area contributed by atoms with Crippen LogP contribution in [-0.2, 0) is 6.54 Å². The molecule has 2 N–H and O–H groups in total. The molecule has 1 amide bonds. The quantitative estimate of drug-likeness (QED) is 0.529. The molecule has 2 fully saturated rings. The van der Waals surface area contributed by atoms with Gasteiger partial charge in [0.1, 0.15) is 0 Å². The molecular weight excluding hydrogens is 436 g/mol. The molecule has 0 unspecified atom stereocenters. The van der Waals surface area contributed by atoms with Crippen LogP contribution in [0.15, 0.2) is 36.7 Å². The zero-order valence-corrected chi connectivity index (χ0v) is 21.1. The van der Waals surface area contributed by atoms with Gasteiger partial charge in [-0.05, 0) is 74.0 Å². The van der Waals surface area contributed by atoms with Crippen molar-refractivity contribution in [1.82, 2.24) is 30.3 Å². The first-order valence-electron chi connectivity index (χ1n) is 13.2. The van der Waals surface area contributed by atoms with Crippen molar-refractivity contribution in [2.75, 3.05) is 32.7 Å². The highest BCUT2D eigenvalue weighted by atomic mass is 16.2. The van der Waals surface area contributed by atoms with Gasteiger partial charge in [0.2, 0.25) is 0 Å². The van der Waals surface area contributed by atoms with E-state index >= 15 is 0 Å². The van der Waals surface area contributed by atoms with Gasteiger partial charge in [0.05, 0.1) is 5.52 Å². The minimum absolute atomic E-state index is 0.0901. The molecule has 0 spiro atoms. The van der Waals surface area contributed by atoms with Crippen LogP contribution in [0, 0.1) is 5.92 Å². The molecule has 2 aliphatic rings. The highest BCUT2D eigenvalue weighted by Gasteiger charge is 2.23. The van der Waals surface area contributed by atoms with Crippen molar-refractivity contribution in [1.29, 1.82) is 0 Å². The second kappa shape index (κ2) is 10.9. The number of benzene rings is 1. The van der Waals surface area contributed by atoms with Crippen molar-refractivity contribution in [3.05, 3.63) is 47.9 Å². The molecule has 7 heteroatoms. The topological polar surface area (TPSA) is 77.1 Å². The SMILES string of the molecule is CC(C)CN1CCC(NC(=O)c2n[nH]c3ccc(-c4cncc(CN5CCCCC5)c4)cc23)CC1. The number of carbonyl (C=O) groups is 1. The molecule has 2 saturated heterocycles. The summed E-state index contributed by atoms with van der Waals surface area (Å²) in [5, 5.41) is 11.5. The summed E-state index contributed by atoms with van der Waals surface area (Å²) in [5.74, 6) is 0.583. The van der Waals surface area contributed by atoms with Crippen LogP contribution in [-0.4, -0.2) is 69.7 Å². The van der Waals surface area contributed by atoms with Crippen molar-refractivity contribution in [2.45, 2.75) is 58.5 Å². The number of aromatic nitrogens is 3. The van der Waals surface area contributed by atoms with Gasteiger partial charge in [-0.2, -0.15) is 5.10 Å². The number of carbonyl (C=O) groups excluding carboxylic acids is 1. The molecule has 4 heterocycles. The lowest BCUT2D eigenvalue weighted by Crippen LogP contribution is -2.45. The molecule has 2 aliphatic heterocycles. The third-order valence-electron chi connectivity index (χ3n) is 7.31. The zero-order chi connectivity index (χ0) is 24.2. The van der Waals surface area contributed by atoms with E-state index in [1.54, 1.807) is 0 Å². The van der Waals surface area contributed by atoms with E-state index in [0.717, 1.165) is 61.1 Å². The van der Waals surface area contributed by atoms with Gasteiger partial charge in [-0.3, -0.25) is 19.8 Å². The Labute approximate surface area is 208 Å². The Hall–Kier alpha value is -2.77. The Kier molecular flexibility index (Phi) is 7.44. The number of H-pyrrole nitrogens is 1. The largest absolute Gasteiger partial charge is 0.348 e. The van der Waals surface area contributed by atoms with Gasteiger partial charge in [0.15, 0.2) is 5.69 Å². The summed E-state index contributed by atoms with van der Waals surface area (Å²) >= 11 is 0. The number of nitrogens with one attached hydrogen (secondary N) is 2. The lowest BCUT2D eigenvalue weighted by molar-refractivity contribution is 0.0904. The Morgan fingerprint density at radius 3 is 2.60 bits per heavy atom. The van der Waals surface area contributed by atoms with E-state index in [1.807, 2.05) is 18.5 Å². The fourth-order valence-corrected chi connectivity index (χ4v) is 5.50. The van der Waals surface area contributed by atoms with Gasteiger partial charge < -0.3 is 10.2 Å². The molecule has 1 aromatic carbocycles. The van der Waals surface area contributed by atoms with Crippen molar-refractivity contribution >= 4 is 16.8 Å². The van der Waals surface area contributed by atoms with E-state index < -0.39 is 0 Å². The van der Waals surface area contributed by atoms with Crippen LogP contribution in [0.5, 0.6) is 0 Å². The molecule has 3 aromatic rings. The first-order valence-corrected chi connectivity index (χ1v) is 13.2. The van der Waals surface area contributed by atoms with Gasteiger partial charge >= 0.3 is 0 Å². The van der Waals surface area contributed by atoms with Crippen LogP contribution >= 0.6 is 0 Å². The lowest BCUT2D eigenvalue weighted by Gasteiger charge is -2.33. The van der Waals surface area contributed by atoms with Crippen LogP contribution < -0.4 is 5.32 Å². The fraction of sp³-hybridized carbons (Fsp3) is 0.536. The highest BCUT2D eigenvalue weighted by Crippen LogP contribution is 2.26. The summed E-state index contributed by atoms with van der Waals surface area (Å²) in [6.45, 7) is 11.0. The maximum Gasteiger partial charge on any atom is 0.272 e. The Bertz CT molecular complexity index is 1140. The number of aromatic amines is 1. The molecule has 0 atom stereocenters. The number of rotatable bonds is 7. The standard InChI is InChI=1S/C28H38N6O/c1-20(2)18-34-12-8-24(9-13-34)30-28(35)27-25-15-22(6-7-26(25)31-32-27)23-14-21(16-29-17-23)19-33-10-4-3-5-11-33/h6-7,14-17,20,24H,3-5,8-13,18-19H2,1-2H3,(H,30,35)(H,31,32). The lowest BCUT2D eigenvalue weighted by atomic mass is 10.0. The molecule has 186 valence electrons. The number of hydrogen-bond acceptors (Lipinski definition) is 5. The predicted molar refractivity (Wildman–Crippen MR) is 140 cm³/mol. The number of fused-ring (bicyclic) bond motifs is 1. The van der Waals surface area contributed by atoms with E-state index in [1.165, 1.54) is 37.9 Å². The molecular formula is C28H38N6O. The number of likely N-dealkylation sites (tertiary alicyclic amines) is 2. The molecule has 5 rings (SSSR count). The summed E-state index contributed by atoms with van der Waals surface area (Å²) in [6.07, 6.45) is 9.76. The second-order valence-electron chi connectivity index (χ2n) is 10.7. The summed E-state index contributed by atoms with van der Waals surface area (Å²) in [6, 6.07) is 8.59. The molecule has 35 heavy (non-hydrogen) atoms. The predicted octanol–water partition coefficient (Wildman–Crippen LogP) is 4.46. The van der Waals surface area contributed by atoms with Gasteiger partial charge in [-0.15, -0.1) is 0 Å². The monoisotopic (exact) mass is 474 g/mol. The molecule has 0 bridgehead atoms. The second-order valence-corrected chi connectivity index (χ2v) is 10.7. The number of amides is 1. The number of hydrogen-bond donors (Lipinski definition) is 2. The van der Waals surface area contributed by atoms with Crippen molar-refractivity contribution < 1.29 is 4.79 Å². The number of nitrogens with zero attached hydrogens (tertiary/aromatic N) is 4. The molecule has 0 aliphatic carbocycles. The van der Waals surface area contributed by atoms with Crippen molar-refractivity contribution in [2.24, 2.45) is 5.92 Å². The summed E-state index contributed by atoms with van der Waals surface area (Å²) in [4.78, 5) is 22.7. The summed E-state index contributed by atoms with van der Waals surface area (Å²) in [5.41, 5.74) is 4.72. The smallest absolute Gasteiger partial charge is 0.272 e. The van der Waals surface area contributed by atoms with Crippen LogP contribution in [0.1, 0.15) is 62.0 Å². The normalized spacial score (nSPS) is 18.4. The van der Waals surface area contributed by atoms with Crippen molar-refractivity contribution in [3.8, 4) is 11.1 Å². The number of piperidine rings is 2. The van der Waals surface area contributed by atoms with Gasteiger partial charge in [0.25, 0.3) is 5.91 Å². The molecule has 7 nitrogen and oxygen atoms in total. The Morgan fingerprint density at radius 1 is 1.03 bits per heavy atom. The minimum Gasteiger partial charge on any atom is -0.348 e. The van der Waals surface area contributed by atoms with E-state index in [2.05, 4.69) is 62.3 Å². The Balaban J connectivity index is 1.28. The van der Waals surface area contributed by atoms with Gasteiger partial charge in [-0.25, -0.2) is 0 Å². The van der Waals surface area contributed by atoms with E-state index in [4.69, 9.17) is 0 Å². The van der Waals surface area contributed by atoms with Gasteiger partial charge in [-0.1, -0.05) is 26.3 Å². The third kappa shape index (κ3) is 5.90. The maximum absolute atomic E-state index is 13.1. The Morgan fingerprint density at radius 2 is 1.83 bits per heavy atom. The highest BCUT2D eigenvalue weighted by molar-refractivity contribution is 6.05.